The minimum atomic E-state index is -0.568. The number of rotatable bonds is 5. The van der Waals surface area contributed by atoms with Crippen molar-refractivity contribution in [2.45, 2.75) is 6.61 Å². The Morgan fingerprint density at radius 1 is 1.04 bits per heavy atom. The number of carbonyl (C=O) groups is 2. The van der Waals surface area contributed by atoms with Crippen molar-refractivity contribution in [3.8, 4) is 11.5 Å². The molecule has 0 bridgehead atoms. The molecule has 28 heavy (non-hydrogen) atoms. The van der Waals surface area contributed by atoms with Crippen LogP contribution in [0.2, 0.25) is 10.0 Å². The second-order valence-electron chi connectivity index (χ2n) is 5.69. The predicted molar refractivity (Wildman–Crippen MR) is 111 cm³/mol. The van der Waals surface area contributed by atoms with Crippen molar-refractivity contribution in [2.24, 2.45) is 0 Å². The van der Waals surface area contributed by atoms with Crippen molar-refractivity contribution in [2.75, 3.05) is 7.11 Å². The third-order valence-corrected chi connectivity index (χ3v) is 4.79. The van der Waals surface area contributed by atoms with E-state index in [1.165, 1.54) is 13.2 Å². The Morgan fingerprint density at radius 3 is 2.29 bits per heavy atom. The largest absolute Gasteiger partial charge is 0.493 e. The average Bonchev–Trinajstić information content (AvgIpc) is 2.64. The molecule has 0 atom stereocenters. The first-order valence-electron chi connectivity index (χ1n) is 8.01. The van der Waals surface area contributed by atoms with Crippen LogP contribution >= 0.6 is 35.4 Å². The maximum Gasteiger partial charge on any atom is 0.263 e. The van der Waals surface area contributed by atoms with Crippen LogP contribution in [0.15, 0.2) is 42.0 Å². The highest BCUT2D eigenvalue weighted by Crippen LogP contribution is 2.32. The van der Waals surface area contributed by atoms with Gasteiger partial charge in [0, 0.05) is 15.6 Å². The number of halogens is 2. The minimum absolute atomic E-state index is 0.0216. The van der Waals surface area contributed by atoms with Gasteiger partial charge in [-0.1, -0.05) is 35.3 Å². The lowest BCUT2D eigenvalue weighted by molar-refractivity contribution is -0.123. The molecule has 1 aliphatic rings. The fraction of sp³-hybridized carbons (Fsp3) is 0.105. The highest BCUT2D eigenvalue weighted by molar-refractivity contribution is 7.80. The first-order valence-corrected chi connectivity index (χ1v) is 9.17. The van der Waals surface area contributed by atoms with Gasteiger partial charge in [-0.3, -0.25) is 20.2 Å². The molecule has 144 valence electrons. The van der Waals surface area contributed by atoms with E-state index in [-0.39, 0.29) is 17.3 Å². The Bertz CT molecular complexity index is 965. The Kier molecular flexibility index (Phi) is 6.18. The lowest BCUT2D eigenvalue weighted by Gasteiger charge is -2.16. The zero-order chi connectivity index (χ0) is 20.3. The molecule has 1 heterocycles. The summed E-state index contributed by atoms with van der Waals surface area (Å²) in [4.78, 5) is 23.9. The molecule has 3 rings (SSSR count). The van der Waals surface area contributed by atoms with Crippen molar-refractivity contribution >= 4 is 58.4 Å². The summed E-state index contributed by atoms with van der Waals surface area (Å²) < 4.78 is 11.1. The molecule has 2 aromatic rings. The zero-order valence-corrected chi connectivity index (χ0v) is 16.9. The molecule has 6 nitrogen and oxygen atoms in total. The molecular formula is C19H14Cl2N2O4S. The van der Waals surface area contributed by atoms with E-state index in [0.717, 1.165) is 0 Å². The van der Waals surface area contributed by atoms with E-state index >= 15 is 0 Å². The Hall–Kier alpha value is -2.61. The van der Waals surface area contributed by atoms with Crippen LogP contribution < -0.4 is 20.1 Å². The van der Waals surface area contributed by atoms with E-state index in [0.29, 0.717) is 32.7 Å². The fourth-order valence-corrected chi connectivity index (χ4v) is 3.18. The zero-order valence-electron chi connectivity index (χ0n) is 14.5. The molecule has 0 aromatic heterocycles. The third-order valence-electron chi connectivity index (χ3n) is 3.88. The fourth-order valence-electron chi connectivity index (χ4n) is 2.49. The summed E-state index contributed by atoms with van der Waals surface area (Å²) >= 11 is 17.1. The van der Waals surface area contributed by atoms with Gasteiger partial charge in [0.15, 0.2) is 16.6 Å². The van der Waals surface area contributed by atoms with Gasteiger partial charge in [0.05, 0.1) is 7.11 Å². The molecule has 2 amide bonds. The van der Waals surface area contributed by atoms with Gasteiger partial charge in [-0.25, -0.2) is 0 Å². The minimum Gasteiger partial charge on any atom is -0.493 e. The molecule has 0 aliphatic carbocycles. The summed E-state index contributed by atoms with van der Waals surface area (Å²) in [7, 11) is 1.49. The topological polar surface area (TPSA) is 76.7 Å². The molecule has 1 fully saturated rings. The van der Waals surface area contributed by atoms with Crippen LogP contribution in [-0.4, -0.2) is 24.0 Å². The van der Waals surface area contributed by atoms with Crippen molar-refractivity contribution in [3.63, 3.8) is 0 Å². The van der Waals surface area contributed by atoms with Crippen molar-refractivity contribution in [1.29, 1.82) is 0 Å². The van der Waals surface area contributed by atoms with Gasteiger partial charge in [0.25, 0.3) is 11.8 Å². The van der Waals surface area contributed by atoms with E-state index in [9.17, 15) is 9.59 Å². The Labute approximate surface area is 176 Å². The number of hydrogen-bond acceptors (Lipinski definition) is 5. The van der Waals surface area contributed by atoms with E-state index in [1.54, 1.807) is 36.4 Å². The van der Waals surface area contributed by atoms with E-state index in [1.807, 2.05) is 0 Å². The van der Waals surface area contributed by atoms with Crippen molar-refractivity contribution < 1.29 is 19.1 Å². The van der Waals surface area contributed by atoms with E-state index in [4.69, 9.17) is 44.9 Å². The van der Waals surface area contributed by atoms with Gasteiger partial charge in [-0.05, 0) is 48.1 Å². The van der Waals surface area contributed by atoms with Crippen LogP contribution in [0, 0.1) is 0 Å². The standard InChI is InChI=1S/C19H14Cl2N2O4S/c1-26-16-8-10(7-11-17(24)22-19(28)23-18(11)25)5-6-15(16)27-9-12-13(20)3-2-4-14(12)21/h2-8H,9H2,1H3,(H2,22,23,24,25,28). The number of nitrogens with one attached hydrogen (secondary N) is 2. The van der Waals surface area contributed by atoms with Gasteiger partial charge in [-0.15, -0.1) is 0 Å². The molecule has 2 aromatic carbocycles. The molecule has 0 unspecified atom stereocenters. The first kappa shape index (κ1) is 20.1. The number of methoxy groups -OCH3 is 1. The lowest BCUT2D eigenvalue weighted by Crippen LogP contribution is -2.51. The molecular weight excluding hydrogens is 423 g/mol. The second-order valence-corrected chi connectivity index (χ2v) is 6.92. The molecule has 1 aliphatic heterocycles. The summed E-state index contributed by atoms with van der Waals surface area (Å²) in [6, 6.07) is 10.2. The maximum atomic E-state index is 12.0. The van der Waals surface area contributed by atoms with Gasteiger partial charge in [-0.2, -0.15) is 0 Å². The van der Waals surface area contributed by atoms with Crippen molar-refractivity contribution in [3.05, 3.63) is 63.1 Å². The molecule has 0 radical (unpaired) electrons. The second kappa shape index (κ2) is 8.60. The molecule has 2 N–H and O–H groups in total. The number of amides is 2. The number of hydrogen-bond donors (Lipinski definition) is 2. The number of carbonyl (C=O) groups excluding carboxylic acids is 2. The Morgan fingerprint density at radius 2 is 1.68 bits per heavy atom. The van der Waals surface area contributed by atoms with Gasteiger partial charge >= 0.3 is 0 Å². The van der Waals surface area contributed by atoms with Gasteiger partial charge < -0.3 is 9.47 Å². The monoisotopic (exact) mass is 436 g/mol. The summed E-state index contributed by atoms with van der Waals surface area (Å²) in [5, 5.41) is 5.74. The maximum absolute atomic E-state index is 12.0. The highest BCUT2D eigenvalue weighted by Gasteiger charge is 2.25. The quantitative estimate of drug-likeness (QED) is 0.426. The molecule has 0 saturated carbocycles. The number of benzene rings is 2. The van der Waals surface area contributed by atoms with Crippen molar-refractivity contribution in [1.82, 2.24) is 10.6 Å². The van der Waals surface area contributed by atoms with Crippen LogP contribution in [0.4, 0.5) is 0 Å². The summed E-state index contributed by atoms with van der Waals surface area (Å²) in [5.74, 6) is -0.258. The molecule has 9 heteroatoms. The van der Waals surface area contributed by atoms with Crippen LogP contribution in [0.3, 0.4) is 0 Å². The lowest BCUT2D eigenvalue weighted by atomic mass is 10.1. The summed E-state index contributed by atoms with van der Waals surface area (Å²) in [6.45, 7) is 0.150. The number of ether oxygens (including phenoxy) is 2. The summed E-state index contributed by atoms with van der Waals surface area (Å²) in [6.07, 6.45) is 1.43. The summed E-state index contributed by atoms with van der Waals surface area (Å²) in [5.41, 5.74) is 1.17. The van der Waals surface area contributed by atoms with E-state index in [2.05, 4.69) is 10.6 Å². The molecule has 0 spiro atoms. The predicted octanol–water partition coefficient (Wildman–Crippen LogP) is 3.50. The van der Waals surface area contributed by atoms with Crippen LogP contribution in [0.5, 0.6) is 11.5 Å². The first-order chi connectivity index (χ1) is 13.4. The average molecular weight is 437 g/mol. The van der Waals surface area contributed by atoms with Gasteiger partial charge in [0.2, 0.25) is 0 Å². The van der Waals surface area contributed by atoms with Gasteiger partial charge in [0.1, 0.15) is 12.2 Å². The highest BCUT2D eigenvalue weighted by atomic mass is 35.5. The Balaban J connectivity index is 1.83. The third kappa shape index (κ3) is 4.44. The molecule has 1 saturated heterocycles. The number of thiocarbonyl (C=S) groups is 1. The normalized spacial score (nSPS) is 13.7. The van der Waals surface area contributed by atoms with Crippen LogP contribution in [0.1, 0.15) is 11.1 Å². The van der Waals surface area contributed by atoms with E-state index < -0.39 is 11.8 Å². The SMILES string of the molecule is COc1cc(C=C2C(=O)NC(=S)NC2=O)ccc1OCc1c(Cl)cccc1Cl. The van der Waals surface area contributed by atoms with Crippen LogP contribution in [0.25, 0.3) is 6.08 Å². The van der Waals surface area contributed by atoms with Crippen LogP contribution in [-0.2, 0) is 16.2 Å². The smallest absolute Gasteiger partial charge is 0.263 e.